The summed E-state index contributed by atoms with van der Waals surface area (Å²) < 4.78 is 11.7. The molecule has 1 N–H and O–H groups in total. The lowest BCUT2D eigenvalue weighted by Crippen LogP contribution is -2.46. The highest BCUT2D eigenvalue weighted by Crippen LogP contribution is 2.31. The Labute approximate surface area is 154 Å². The monoisotopic (exact) mass is 354 g/mol. The Morgan fingerprint density at radius 2 is 1.92 bits per heavy atom. The Bertz CT molecular complexity index is 791. The number of carbonyl (C=O) groups excluding carboxylic acids is 1. The zero-order valence-corrected chi connectivity index (χ0v) is 15.8. The van der Waals surface area contributed by atoms with Gasteiger partial charge in [0.1, 0.15) is 12.7 Å². The Kier molecular flexibility index (Phi) is 5.47. The van der Waals surface area contributed by atoms with Crippen molar-refractivity contribution in [3.8, 4) is 11.5 Å². The molecule has 138 valence electrons. The fourth-order valence-corrected chi connectivity index (χ4v) is 2.90. The molecule has 1 amide bonds. The fourth-order valence-electron chi connectivity index (χ4n) is 2.90. The fraction of sp³-hybridized carbons (Fsp3) is 0.381. The first kappa shape index (κ1) is 18.3. The van der Waals surface area contributed by atoms with Gasteiger partial charge in [-0.3, -0.25) is 9.69 Å². The van der Waals surface area contributed by atoms with Gasteiger partial charge in [0.15, 0.2) is 11.5 Å². The number of nitrogens with zero attached hydrogens (tertiary/aromatic N) is 1. The van der Waals surface area contributed by atoms with Crippen LogP contribution >= 0.6 is 0 Å². The highest BCUT2D eigenvalue weighted by molar-refractivity contribution is 5.94. The van der Waals surface area contributed by atoms with Crippen LogP contribution in [0.2, 0.25) is 0 Å². The van der Waals surface area contributed by atoms with E-state index in [-0.39, 0.29) is 18.1 Å². The van der Waals surface area contributed by atoms with Gasteiger partial charge in [0.25, 0.3) is 0 Å². The molecule has 1 heterocycles. The van der Waals surface area contributed by atoms with E-state index in [1.54, 1.807) is 0 Å². The third-order valence-corrected chi connectivity index (χ3v) is 4.87. The number of benzene rings is 2. The molecule has 0 saturated heterocycles. The zero-order chi connectivity index (χ0) is 18.7. The first-order valence-corrected chi connectivity index (χ1v) is 8.91. The summed E-state index contributed by atoms with van der Waals surface area (Å²) in [7, 11) is 1.93. The largest absolute Gasteiger partial charge is 0.486 e. The third-order valence-electron chi connectivity index (χ3n) is 4.87. The average Bonchev–Trinajstić information content (AvgIpc) is 2.64. The Hall–Kier alpha value is -2.53. The smallest absolute Gasteiger partial charge is 0.241 e. The number of hydrogen-bond acceptors (Lipinski definition) is 4. The minimum atomic E-state index is -0.280. The first-order valence-electron chi connectivity index (χ1n) is 8.91. The lowest BCUT2D eigenvalue weighted by atomic mass is 10.1. The number of aryl methyl sites for hydroxylation is 2. The van der Waals surface area contributed by atoms with Gasteiger partial charge in [-0.05, 0) is 63.2 Å². The van der Waals surface area contributed by atoms with Gasteiger partial charge in [-0.1, -0.05) is 18.2 Å². The van der Waals surface area contributed by atoms with Gasteiger partial charge in [-0.15, -0.1) is 0 Å². The second-order valence-corrected chi connectivity index (χ2v) is 6.90. The van der Waals surface area contributed by atoms with Gasteiger partial charge < -0.3 is 14.8 Å². The van der Waals surface area contributed by atoms with Crippen LogP contribution < -0.4 is 14.8 Å². The van der Waals surface area contributed by atoms with Crippen molar-refractivity contribution in [3.05, 3.63) is 53.6 Å². The number of ether oxygens (including phenoxy) is 2. The highest BCUT2D eigenvalue weighted by Gasteiger charge is 2.26. The lowest BCUT2D eigenvalue weighted by molar-refractivity contribution is -0.120. The number of fused-ring (bicyclic) bond motifs is 1. The molecule has 5 nitrogen and oxygen atoms in total. The molecule has 1 aliphatic rings. The predicted octanol–water partition coefficient (Wildman–Crippen LogP) is 3.40. The number of carbonyl (C=O) groups is 1. The normalized spacial score (nSPS) is 17.0. The molecule has 2 unspecified atom stereocenters. The first-order chi connectivity index (χ1) is 12.4. The topological polar surface area (TPSA) is 50.8 Å². The van der Waals surface area contributed by atoms with E-state index in [9.17, 15) is 4.79 Å². The molecule has 0 radical (unpaired) electrons. The minimum absolute atomic E-state index is 0.0344. The van der Waals surface area contributed by atoms with Crippen LogP contribution in [0.3, 0.4) is 0 Å². The second kappa shape index (κ2) is 7.79. The van der Waals surface area contributed by atoms with Crippen LogP contribution in [0.1, 0.15) is 18.1 Å². The molecule has 2 aromatic rings. The number of hydrogen-bond donors (Lipinski definition) is 1. The summed E-state index contributed by atoms with van der Waals surface area (Å²) in [5.74, 6) is 1.49. The van der Waals surface area contributed by atoms with Gasteiger partial charge >= 0.3 is 0 Å². The Balaban J connectivity index is 1.56. The van der Waals surface area contributed by atoms with Gasteiger partial charge in [-0.2, -0.15) is 0 Å². The summed E-state index contributed by atoms with van der Waals surface area (Å²) in [5, 5.41) is 2.99. The van der Waals surface area contributed by atoms with Crippen LogP contribution in [-0.4, -0.2) is 43.2 Å². The quantitative estimate of drug-likeness (QED) is 0.894. The van der Waals surface area contributed by atoms with Crippen LogP contribution in [-0.2, 0) is 4.79 Å². The molecule has 26 heavy (non-hydrogen) atoms. The molecule has 0 fully saturated rings. The average molecular weight is 354 g/mol. The summed E-state index contributed by atoms with van der Waals surface area (Å²) in [5.41, 5.74) is 3.20. The summed E-state index contributed by atoms with van der Waals surface area (Å²) in [6.07, 6.45) is -0.105. The van der Waals surface area contributed by atoms with Crippen molar-refractivity contribution < 1.29 is 14.3 Å². The molecule has 3 rings (SSSR count). The van der Waals surface area contributed by atoms with Gasteiger partial charge in [-0.25, -0.2) is 0 Å². The number of amides is 1. The molecule has 0 aliphatic carbocycles. The van der Waals surface area contributed by atoms with Gasteiger partial charge in [0.05, 0.1) is 6.04 Å². The SMILES string of the molecule is Cc1ccc(NC(=O)C(C)N(C)CC2COc3ccccc3O2)cc1C. The van der Waals surface area contributed by atoms with Crippen molar-refractivity contribution in [3.63, 3.8) is 0 Å². The Morgan fingerprint density at radius 1 is 1.19 bits per heavy atom. The molecule has 0 aromatic heterocycles. The van der Waals surface area contributed by atoms with E-state index < -0.39 is 0 Å². The van der Waals surface area contributed by atoms with E-state index in [1.165, 1.54) is 5.56 Å². The molecule has 5 heteroatoms. The maximum absolute atomic E-state index is 12.6. The number of anilines is 1. The molecule has 0 spiro atoms. The van der Waals surface area contributed by atoms with E-state index in [4.69, 9.17) is 9.47 Å². The number of likely N-dealkylation sites (N-methyl/N-ethyl adjacent to an activating group) is 1. The maximum Gasteiger partial charge on any atom is 0.241 e. The number of nitrogens with one attached hydrogen (secondary N) is 1. The van der Waals surface area contributed by atoms with E-state index in [0.29, 0.717) is 13.2 Å². The lowest BCUT2D eigenvalue weighted by Gasteiger charge is -2.31. The third kappa shape index (κ3) is 4.17. The van der Waals surface area contributed by atoms with Crippen LogP contribution in [0, 0.1) is 13.8 Å². The van der Waals surface area contributed by atoms with E-state index in [1.807, 2.05) is 68.3 Å². The van der Waals surface area contributed by atoms with Crippen molar-refractivity contribution in [2.45, 2.75) is 32.9 Å². The summed E-state index contributed by atoms with van der Waals surface area (Å²) in [4.78, 5) is 14.5. The van der Waals surface area contributed by atoms with E-state index in [2.05, 4.69) is 12.2 Å². The van der Waals surface area contributed by atoms with E-state index in [0.717, 1.165) is 22.7 Å². The second-order valence-electron chi connectivity index (χ2n) is 6.90. The molecular formula is C21H26N2O3. The summed E-state index contributed by atoms with van der Waals surface area (Å²) >= 11 is 0. The molecular weight excluding hydrogens is 328 g/mol. The Morgan fingerprint density at radius 3 is 2.65 bits per heavy atom. The van der Waals surface area contributed by atoms with Gasteiger partial charge in [0.2, 0.25) is 5.91 Å². The molecule has 2 aromatic carbocycles. The van der Waals surface area contributed by atoms with Crippen molar-refractivity contribution in [2.24, 2.45) is 0 Å². The van der Waals surface area contributed by atoms with Crippen LogP contribution in [0.4, 0.5) is 5.69 Å². The van der Waals surface area contributed by atoms with Crippen LogP contribution in [0.25, 0.3) is 0 Å². The van der Waals surface area contributed by atoms with Crippen LogP contribution in [0.5, 0.6) is 11.5 Å². The summed E-state index contributed by atoms with van der Waals surface area (Å²) in [6.45, 7) is 7.08. The van der Waals surface area contributed by atoms with Crippen LogP contribution in [0.15, 0.2) is 42.5 Å². The number of rotatable bonds is 5. The molecule has 0 saturated carbocycles. The van der Waals surface area contributed by atoms with E-state index >= 15 is 0 Å². The van der Waals surface area contributed by atoms with Crippen molar-refractivity contribution in [2.75, 3.05) is 25.5 Å². The molecule has 0 bridgehead atoms. The zero-order valence-electron chi connectivity index (χ0n) is 15.8. The van der Waals surface area contributed by atoms with Crippen molar-refractivity contribution in [1.82, 2.24) is 4.90 Å². The minimum Gasteiger partial charge on any atom is -0.486 e. The van der Waals surface area contributed by atoms with Gasteiger partial charge in [0, 0.05) is 12.2 Å². The maximum atomic E-state index is 12.6. The predicted molar refractivity (Wildman–Crippen MR) is 103 cm³/mol. The molecule has 2 atom stereocenters. The standard InChI is InChI=1S/C21H26N2O3/c1-14-9-10-17(11-15(14)2)22-21(24)16(3)23(4)12-18-13-25-19-7-5-6-8-20(19)26-18/h5-11,16,18H,12-13H2,1-4H3,(H,22,24). The highest BCUT2D eigenvalue weighted by atomic mass is 16.6. The molecule has 1 aliphatic heterocycles. The number of para-hydroxylation sites is 2. The van der Waals surface area contributed by atoms with Crippen molar-refractivity contribution in [1.29, 1.82) is 0 Å². The van der Waals surface area contributed by atoms with Crippen molar-refractivity contribution >= 4 is 11.6 Å². The summed E-state index contributed by atoms with van der Waals surface area (Å²) in [6, 6.07) is 13.3.